The van der Waals surface area contributed by atoms with Crippen LogP contribution in [0.1, 0.15) is 83.3 Å². The van der Waals surface area contributed by atoms with Gasteiger partial charge in [-0.1, -0.05) is 184 Å². The number of alkyl halides is 12. The van der Waals surface area contributed by atoms with Crippen LogP contribution in [-0.2, 0) is 119 Å². The number of nitrogens with two attached hydrogens (primary N) is 1. The zero-order valence-electron chi connectivity index (χ0n) is 75.7. The fourth-order valence-corrected chi connectivity index (χ4v) is 17.6. The van der Waals surface area contributed by atoms with Crippen LogP contribution < -0.4 is 30.2 Å². The van der Waals surface area contributed by atoms with Gasteiger partial charge < -0.3 is 50.7 Å². The molecule has 0 saturated carbocycles. The summed E-state index contributed by atoms with van der Waals surface area (Å²) >= 11 is 6.35. The molecule has 20 rings (SSSR count). The van der Waals surface area contributed by atoms with Gasteiger partial charge in [-0.25, -0.2) is 8.78 Å². The first-order valence-corrected chi connectivity index (χ1v) is 43.9. The zero-order chi connectivity index (χ0) is 102. The van der Waals surface area contributed by atoms with Gasteiger partial charge in [0.25, 0.3) is 51.9 Å². The van der Waals surface area contributed by atoms with Crippen molar-refractivity contribution in [1.82, 2.24) is 53.9 Å². The molecule has 143 heavy (non-hydrogen) atoms. The predicted molar refractivity (Wildman–Crippen MR) is 501 cm³/mol. The summed E-state index contributed by atoms with van der Waals surface area (Å²) in [4.78, 5) is 72.6. The molecule has 0 aliphatic carbocycles. The quantitative estimate of drug-likeness (QED) is 0.0529. The summed E-state index contributed by atoms with van der Waals surface area (Å²) < 4.78 is 200. The second-order valence-electron chi connectivity index (χ2n) is 34.4. The molecule has 0 fully saturated rings. The van der Waals surface area contributed by atoms with Crippen molar-refractivity contribution in [3.8, 4) is 55.8 Å². The van der Waals surface area contributed by atoms with Gasteiger partial charge in [0.1, 0.15) is 17.2 Å². The first-order chi connectivity index (χ1) is 67.1. The molecule has 740 valence electrons. The number of pyridine rings is 1. The summed E-state index contributed by atoms with van der Waals surface area (Å²) in [6.07, 6.45) is -1.08. The van der Waals surface area contributed by atoms with Crippen LogP contribution in [0.4, 0.5) is 89.9 Å². The van der Waals surface area contributed by atoms with E-state index < -0.39 is 117 Å². The van der Waals surface area contributed by atoms with E-state index in [1.54, 1.807) is 131 Å². The molecule has 6 N–H and O–H groups in total. The number of fused-ring (bicyclic) bond motifs is 5. The lowest BCUT2D eigenvalue weighted by molar-refractivity contribution is -0.253. The van der Waals surface area contributed by atoms with Crippen LogP contribution in [0, 0.1) is 11.6 Å². The van der Waals surface area contributed by atoms with Crippen LogP contribution in [0.15, 0.2) is 280 Å². The van der Waals surface area contributed by atoms with Gasteiger partial charge in [0, 0.05) is 149 Å². The summed E-state index contributed by atoms with van der Waals surface area (Å²) in [5, 5.41) is 61.9. The van der Waals surface area contributed by atoms with Gasteiger partial charge in [0.2, 0.25) is 0 Å². The third-order valence-corrected chi connectivity index (χ3v) is 25.1. The van der Waals surface area contributed by atoms with Crippen LogP contribution in [0.2, 0.25) is 5.02 Å². The van der Waals surface area contributed by atoms with E-state index in [1.807, 2.05) is 62.8 Å². The second-order valence-corrected chi connectivity index (χ2v) is 34.8. The number of aliphatic hydroxyl groups is 4. The number of aryl methyl sites for hydroxylation is 5. The minimum Gasteiger partial charge on any atom is -0.368 e. The number of aromatic nitrogens is 11. The summed E-state index contributed by atoms with van der Waals surface area (Å²) in [6.45, 7) is 3.89. The third-order valence-electron chi connectivity index (χ3n) is 24.8. The number of rotatable bonds is 17. The van der Waals surface area contributed by atoms with Crippen molar-refractivity contribution in [1.29, 1.82) is 0 Å². The van der Waals surface area contributed by atoms with E-state index in [1.165, 1.54) is 114 Å². The van der Waals surface area contributed by atoms with E-state index in [9.17, 15) is 106 Å². The topological polar surface area (TPSA) is 310 Å². The summed E-state index contributed by atoms with van der Waals surface area (Å²) in [6, 6.07) is 53.8. The molecule has 5 amide bonds. The molecule has 26 nitrogen and oxygen atoms in total. The summed E-state index contributed by atoms with van der Waals surface area (Å²) in [5.41, 5.74) is 0.182. The van der Waals surface area contributed by atoms with E-state index in [4.69, 9.17) is 17.3 Å². The van der Waals surface area contributed by atoms with Gasteiger partial charge in [-0.2, -0.15) is 78.2 Å². The first-order valence-electron chi connectivity index (χ1n) is 43.5. The number of hydrogen-bond acceptors (Lipinski definition) is 16. The van der Waals surface area contributed by atoms with Crippen LogP contribution in [0.3, 0.4) is 0 Å². The number of hydrogen-bond donors (Lipinski definition) is 5. The van der Waals surface area contributed by atoms with Crippen molar-refractivity contribution < 1.29 is 106 Å². The van der Waals surface area contributed by atoms with Gasteiger partial charge in [-0.3, -0.25) is 52.4 Å². The maximum absolute atomic E-state index is 14.8. The van der Waals surface area contributed by atoms with Crippen LogP contribution in [-0.4, -0.2) is 129 Å². The van der Waals surface area contributed by atoms with E-state index in [0.717, 1.165) is 108 Å². The van der Waals surface area contributed by atoms with Crippen molar-refractivity contribution >= 4 is 69.6 Å². The van der Waals surface area contributed by atoms with Gasteiger partial charge in [0.15, 0.2) is 0 Å². The molecule has 0 bridgehead atoms. The largest absolute Gasteiger partial charge is 0.430 e. The molecule has 0 saturated heterocycles. The standard InChI is InChI=1S/C22H19F4N3O2.C20H15ClF3N3O2.C20H15F4N3O2.C20H20N4O.C19H15F3N4O2.CH4/c1-2-9-28-12-16(11-27-28)14-7-8-15(18(23)10-14)13-29-19-6-4-3-5-17(19)21(31,20(29)30)22(24,25)26;1-26-10-14(9-25-26)12-6-7-13(16(21)8-12)11-27-17-5-3-2-4-15(17)19(29,18(27)28)20(22,23)24;1-26-11-13(9-25-26)14-7-6-12(8-16(14)21)10-27-17-5-3-2-4-15(17)19(29,18(27)28)20(22,23)24;1-20(21)17-5-3-4-6-18(17)24(19(20)25)12-14-7-9-15(10-8-14)16-11-22-23(2)13-16;1-25-11-13(9-24-25)15-7-6-12(8-23-15)10-26-16-5-3-2-4-14(16)18(28,17(26)27)19(20,21)22;/h3-8,10-12,31H,2,9,13H2,1H3;2-10,29H,11H2,1H3;2-9,11,29H,10H2,1H3;3-11,13H,12,21H2,1-2H3;2-9,11,28H,10H2,1H3;1H4. The SMILES string of the molecule is C.CCCn1cc(-c2ccc(CN3C(=O)C(O)(C(F)(F)F)c4ccccc43)c(F)c2)cn1.Cn1cc(-c2ccc(CN3C(=O)C(C)(N)c4ccccc43)cc2)cn1.Cn1cc(-c2ccc(CN3C(=O)C(O)(C(F)(F)F)c4ccccc43)c(Cl)c2)cn1.Cn1cc(-c2ccc(CN3C(=O)C(O)(C(F)(F)F)c4ccccc43)cc2F)cn1.Cn1cc(-c2ccc(CN3C(=O)C(O)(C(F)(F)F)c4ccccc43)cn2)cn1. The number of para-hydroxylation sites is 5. The Morgan fingerprint density at radius 3 is 1.08 bits per heavy atom. The molecule has 0 spiro atoms. The van der Waals surface area contributed by atoms with E-state index >= 15 is 0 Å². The molecule has 0 radical (unpaired) electrons. The smallest absolute Gasteiger partial charge is 0.368 e. The predicted octanol–water partition coefficient (Wildman–Crippen LogP) is 18.2. The molecule has 15 aromatic rings. The van der Waals surface area contributed by atoms with Crippen LogP contribution >= 0.6 is 11.6 Å². The van der Waals surface area contributed by atoms with Gasteiger partial charge in [0.05, 0.1) is 92.2 Å². The first kappa shape index (κ1) is 102. The fourth-order valence-electron chi connectivity index (χ4n) is 17.4. The Labute approximate surface area is 811 Å². The molecule has 5 unspecified atom stereocenters. The highest BCUT2D eigenvalue weighted by Gasteiger charge is 2.70. The monoisotopic (exact) mass is 2000 g/mol. The Balaban J connectivity index is 0.000000135. The number of nitrogens with zero attached hydrogens (tertiary/aromatic N) is 16. The Hall–Kier alpha value is -15.4. The van der Waals surface area contributed by atoms with Crippen molar-refractivity contribution in [2.24, 2.45) is 33.9 Å². The summed E-state index contributed by atoms with van der Waals surface area (Å²) in [7, 11) is 7.14. The van der Waals surface area contributed by atoms with E-state index in [2.05, 4.69) is 42.6 Å². The number of halogens is 15. The molecule has 5 aliphatic rings. The minimum absolute atomic E-state index is 0. The van der Waals surface area contributed by atoms with Crippen molar-refractivity contribution in [3.05, 3.63) is 353 Å². The van der Waals surface area contributed by atoms with Gasteiger partial charge in [-0.05, 0) is 107 Å². The lowest BCUT2D eigenvalue weighted by Crippen LogP contribution is -2.50. The van der Waals surface area contributed by atoms with Crippen molar-refractivity contribution in [3.63, 3.8) is 0 Å². The second kappa shape index (κ2) is 38.9. The molecule has 9 aromatic carbocycles. The lowest BCUT2D eigenvalue weighted by Gasteiger charge is -2.25. The Bertz CT molecular complexity index is 7340. The Kier molecular flexibility index (Phi) is 27.8. The van der Waals surface area contributed by atoms with Crippen LogP contribution in [0.5, 0.6) is 0 Å². The van der Waals surface area contributed by atoms with Gasteiger partial charge in [-0.15, -0.1) is 0 Å². The van der Waals surface area contributed by atoms with Crippen molar-refractivity contribution in [2.45, 2.75) is 120 Å². The lowest BCUT2D eigenvalue weighted by atomic mass is 9.95. The highest BCUT2D eigenvalue weighted by atomic mass is 35.5. The molecule has 11 heterocycles. The average molecular weight is 2000 g/mol. The maximum Gasteiger partial charge on any atom is 0.430 e. The molecule has 5 atom stereocenters. The van der Waals surface area contributed by atoms with Gasteiger partial charge >= 0.3 is 24.7 Å². The normalized spacial score (nSPS) is 18.8. The highest BCUT2D eigenvalue weighted by molar-refractivity contribution is 6.31. The maximum atomic E-state index is 14.8. The molecule has 5 aliphatic heterocycles. The minimum atomic E-state index is -5.21. The number of benzene rings is 9. The Morgan fingerprint density at radius 2 is 0.678 bits per heavy atom. The molecule has 6 aromatic heterocycles. The molecular formula is C102H88ClF14N17O9. The number of anilines is 5. The molecule has 41 heteroatoms. The number of carbonyl (C=O) groups excluding carboxylic acids is 5. The zero-order valence-corrected chi connectivity index (χ0v) is 76.5. The third kappa shape index (κ3) is 18.9. The summed E-state index contributed by atoms with van der Waals surface area (Å²) in [5.74, 6) is -7.26. The number of carbonyl (C=O) groups is 5. The van der Waals surface area contributed by atoms with E-state index in [0.29, 0.717) is 45.1 Å². The molecular weight excluding hydrogens is 1910 g/mol. The van der Waals surface area contributed by atoms with Crippen LogP contribution in [0.25, 0.3) is 55.8 Å². The fraction of sp³-hybridized carbons (Fsp3) is 0.225. The van der Waals surface area contributed by atoms with E-state index in [-0.39, 0.29) is 72.4 Å². The highest BCUT2D eigenvalue weighted by Crippen LogP contribution is 2.55. The number of amides is 5. The average Bonchev–Trinajstić information content (AvgIpc) is 1.57. The van der Waals surface area contributed by atoms with Crippen molar-refractivity contribution in [2.75, 3.05) is 24.5 Å². The Morgan fingerprint density at radius 1 is 0.343 bits per heavy atom.